The van der Waals surface area contributed by atoms with Crippen LogP contribution in [0.1, 0.15) is 32.6 Å². The van der Waals surface area contributed by atoms with Crippen molar-refractivity contribution in [3.63, 3.8) is 0 Å². The van der Waals surface area contributed by atoms with Crippen LogP contribution in [0.15, 0.2) is 12.1 Å². The Hall–Kier alpha value is -3.14. The summed E-state index contributed by atoms with van der Waals surface area (Å²) < 4.78 is 16.2. The molecule has 0 saturated carbocycles. The second-order valence-electron chi connectivity index (χ2n) is 7.57. The lowest BCUT2D eigenvalue weighted by molar-refractivity contribution is -0.130. The van der Waals surface area contributed by atoms with Gasteiger partial charge in [0.05, 0.1) is 19.7 Å². The third-order valence-corrected chi connectivity index (χ3v) is 5.30. The molecular formula is C22H31N5O5. The molecule has 1 aliphatic heterocycles. The van der Waals surface area contributed by atoms with Gasteiger partial charge in [0, 0.05) is 44.6 Å². The summed E-state index contributed by atoms with van der Waals surface area (Å²) in [5, 5.41) is 6.42. The smallest absolute Gasteiger partial charge is 0.249 e. The number of rotatable bonds is 10. The number of benzene rings is 1. The Morgan fingerprint density at radius 3 is 2.62 bits per heavy atom. The Bertz CT molecular complexity index is 961. The fourth-order valence-corrected chi connectivity index (χ4v) is 3.46. The molecule has 10 heteroatoms. The lowest BCUT2D eigenvalue weighted by Crippen LogP contribution is -2.36. The van der Waals surface area contributed by atoms with Crippen molar-refractivity contribution in [3.8, 4) is 11.5 Å². The number of nitrogens with one attached hydrogen (secondary N) is 2. The predicted molar refractivity (Wildman–Crippen MR) is 121 cm³/mol. The minimum absolute atomic E-state index is 0.0577. The second-order valence-corrected chi connectivity index (χ2v) is 7.57. The van der Waals surface area contributed by atoms with E-state index >= 15 is 0 Å². The molecule has 3 rings (SSSR count). The normalized spacial score (nSPS) is 15.4. The van der Waals surface area contributed by atoms with Crippen molar-refractivity contribution in [2.45, 2.75) is 38.7 Å². The summed E-state index contributed by atoms with van der Waals surface area (Å²) in [6.45, 7) is 3.57. The monoisotopic (exact) mass is 445 g/mol. The fraction of sp³-hybridized carbons (Fsp3) is 0.545. The van der Waals surface area contributed by atoms with Crippen LogP contribution in [0, 0.1) is 0 Å². The van der Waals surface area contributed by atoms with Gasteiger partial charge in [0.2, 0.25) is 17.8 Å². The zero-order chi connectivity index (χ0) is 23.1. The van der Waals surface area contributed by atoms with Crippen LogP contribution < -0.4 is 25.0 Å². The van der Waals surface area contributed by atoms with E-state index in [2.05, 4.69) is 20.6 Å². The average Bonchev–Trinajstić information content (AvgIpc) is 3.35. The van der Waals surface area contributed by atoms with E-state index in [0.717, 1.165) is 12.8 Å². The number of ether oxygens (including phenoxy) is 3. The minimum Gasteiger partial charge on any atom is -0.493 e. The lowest BCUT2D eigenvalue weighted by atomic mass is 10.2. The summed E-state index contributed by atoms with van der Waals surface area (Å²) in [6.07, 6.45) is 2.41. The van der Waals surface area contributed by atoms with Gasteiger partial charge in [-0.3, -0.25) is 9.59 Å². The molecule has 10 nitrogen and oxygen atoms in total. The van der Waals surface area contributed by atoms with Gasteiger partial charge in [0.25, 0.3) is 0 Å². The molecule has 0 bridgehead atoms. The first-order chi connectivity index (χ1) is 15.5. The molecule has 0 aliphatic carbocycles. The highest BCUT2D eigenvalue weighted by Crippen LogP contribution is 2.35. The Morgan fingerprint density at radius 2 is 1.97 bits per heavy atom. The molecule has 0 spiro atoms. The summed E-state index contributed by atoms with van der Waals surface area (Å²) in [7, 11) is 4.98. The summed E-state index contributed by atoms with van der Waals surface area (Å²) in [5.41, 5.74) is 0.623. The third-order valence-electron chi connectivity index (χ3n) is 5.30. The SMILES string of the molecule is CCC(=O)Nc1nc(N(C)CCCNC(=O)C2CCCO2)nc2cc(OC)c(OC)cc12. The predicted octanol–water partition coefficient (Wildman–Crippen LogP) is 2.12. The zero-order valence-electron chi connectivity index (χ0n) is 19.1. The van der Waals surface area contributed by atoms with Gasteiger partial charge in [-0.15, -0.1) is 0 Å². The number of nitrogens with zero attached hydrogens (tertiary/aromatic N) is 3. The molecule has 32 heavy (non-hydrogen) atoms. The van der Waals surface area contributed by atoms with E-state index in [-0.39, 0.29) is 17.9 Å². The van der Waals surface area contributed by atoms with Crippen molar-refractivity contribution in [1.29, 1.82) is 0 Å². The van der Waals surface area contributed by atoms with Gasteiger partial charge in [-0.1, -0.05) is 6.92 Å². The molecule has 2 heterocycles. The molecule has 1 aromatic heterocycles. The fourth-order valence-electron chi connectivity index (χ4n) is 3.46. The van der Waals surface area contributed by atoms with E-state index in [1.807, 2.05) is 11.9 Å². The van der Waals surface area contributed by atoms with E-state index in [1.54, 1.807) is 33.3 Å². The van der Waals surface area contributed by atoms with Crippen LogP contribution in [-0.4, -0.2) is 68.8 Å². The second kappa shape index (κ2) is 10.9. The Morgan fingerprint density at radius 1 is 1.22 bits per heavy atom. The molecule has 1 fully saturated rings. The Balaban J connectivity index is 1.75. The van der Waals surface area contributed by atoms with Crippen LogP contribution in [0.5, 0.6) is 11.5 Å². The molecule has 1 aromatic carbocycles. The molecule has 1 saturated heterocycles. The highest BCUT2D eigenvalue weighted by molar-refractivity contribution is 6.00. The summed E-state index contributed by atoms with van der Waals surface area (Å²) in [4.78, 5) is 35.2. The topological polar surface area (TPSA) is 115 Å². The number of hydrogen-bond donors (Lipinski definition) is 2. The number of carbonyl (C=O) groups is 2. The van der Waals surface area contributed by atoms with Crippen LogP contribution in [0.2, 0.25) is 0 Å². The molecule has 174 valence electrons. The maximum Gasteiger partial charge on any atom is 0.249 e. The van der Waals surface area contributed by atoms with Crippen molar-refractivity contribution in [2.75, 3.05) is 51.2 Å². The number of aromatic nitrogens is 2. The van der Waals surface area contributed by atoms with Crippen LogP contribution in [0.3, 0.4) is 0 Å². The largest absolute Gasteiger partial charge is 0.493 e. The van der Waals surface area contributed by atoms with E-state index in [4.69, 9.17) is 14.2 Å². The van der Waals surface area contributed by atoms with E-state index in [9.17, 15) is 9.59 Å². The third kappa shape index (κ3) is 5.56. The number of fused-ring (bicyclic) bond motifs is 1. The highest BCUT2D eigenvalue weighted by atomic mass is 16.5. The minimum atomic E-state index is -0.326. The molecule has 0 radical (unpaired) electrons. The first kappa shape index (κ1) is 23.5. The maximum atomic E-state index is 12.1. The molecule has 2 amide bonds. The quantitative estimate of drug-likeness (QED) is 0.535. The van der Waals surface area contributed by atoms with Crippen LogP contribution >= 0.6 is 0 Å². The first-order valence-electron chi connectivity index (χ1n) is 10.8. The summed E-state index contributed by atoms with van der Waals surface area (Å²) in [6, 6.07) is 3.51. The number of carbonyl (C=O) groups excluding carboxylic acids is 2. The Kier molecular flexibility index (Phi) is 8.04. The number of methoxy groups -OCH3 is 2. The molecule has 1 atom stereocenters. The van der Waals surface area contributed by atoms with Crippen molar-refractivity contribution in [1.82, 2.24) is 15.3 Å². The molecule has 2 N–H and O–H groups in total. The maximum absolute atomic E-state index is 12.1. The number of amides is 2. The first-order valence-corrected chi connectivity index (χ1v) is 10.8. The molecule has 2 aromatic rings. The van der Waals surface area contributed by atoms with Gasteiger partial charge in [0.15, 0.2) is 11.5 Å². The van der Waals surface area contributed by atoms with E-state index < -0.39 is 0 Å². The molecule has 1 aliphatic rings. The highest BCUT2D eigenvalue weighted by Gasteiger charge is 2.23. The van der Waals surface area contributed by atoms with Crippen molar-refractivity contribution < 1.29 is 23.8 Å². The van der Waals surface area contributed by atoms with Gasteiger partial charge < -0.3 is 29.7 Å². The van der Waals surface area contributed by atoms with Gasteiger partial charge in [-0.25, -0.2) is 4.98 Å². The van der Waals surface area contributed by atoms with E-state index in [1.165, 1.54) is 0 Å². The van der Waals surface area contributed by atoms with Crippen LogP contribution in [-0.2, 0) is 14.3 Å². The van der Waals surface area contributed by atoms with Gasteiger partial charge in [-0.2, -0.15) is 4.98 Å². The number of anilines is 2. The molecular weight excluding hydrogens is 414 g/mol. The summed E-state index contributed by atoms with van der Waals surface area (Å²) in [5.74, 6) is 1.73. The molecule has 1 unspecified atom stereocenters. The average molecular weight is 446 g/mol. The van der Waals surface area contributed by atoms with Gasteiger partial charge in [-0.05, 0) is 25.3 Å². The summed E-state index contributed by atoms with van der Waals surface area (Å²) >= 11 is 0. The standard InChI is InChI=1S/C22H31N5O5/c1-5-19(28)25-20-14-12-17(30-3)18(31-4)13-15(14)24-22(26-20)27(2)10-7-9-23-21(29)16-8-6-11-32-16/h12-13,16H,5-11H2,1-4H3,(H,23,29)(H,24,25,26,28). The van der Waals surface area contributed by atoms with Crippen molar-refractivity contribution >= 4 is 34.5 Å². The van der Waals surface area contributed by atoms with Gasteiger partial charge in [0.1, 0.15) is 11.9 Å². The number of hydrogen-bond acceptors (Lipinski definition) is 8. The Labute approximate surface area is 187 Å². The lowest BCUT2D eigenvalue weighted by Gasteiger charge is -2.20. The van der Waals surface area contributed by atoms with Crippen molar-refractivity contribution in [3.05, 3.63) is 12.1 Å². The van der Waals surface area contributed by atoms with Crippen molar-refractivity contribution in [2.24, 2.45) is 0 Å². The van der Waals surface area contributed by atoms with Crippen LogP contribution in [0.25, 0.3) is 10.9 Å². The van der Waals surface area contributed by atoms with Gasteiger partial charge >= 0.3 is 0 Å². The van der Waals surface area contributed by atoms with Crippen LogP contribution in [0.4, 0.5) is 11.8 Å². The van der Waals surface area contributed by atoms with E-state index in [0.29, 0.717) is 66.7 Å². The zero-order valence-corrected chi connectivity index (χ0v) is 19.1.